The highest BCUT2D eigenvalue weighted by Crippen LogP contribution is 2.33. The van der Waals surface area contributed by atoms with Crippen LogP contribution in [0.1, 0.15) is 56.6 Å². The summed E-state index contributed by atoms with van der Waals surface area (Å²) in [4.78, 5) is 42.6. The van der Waals surface area contributed by atoms with Crippen molar-refractivity contribution in [2.24, 2.45) is 0 Å². The molecule has 1 saturated heterocycles. The third-order valence-electron chi connectivity index (χ3n) is 6.94. The van der Waals surface area contributed by atoms with Gasteiger partial charge in [0.1, 0.15) is 17.9 Å². The van der Waals surface area contributed by atoms with Crippen LogP contribution in [0.25, 0.3) is 0 Å². The van der Waals surface area contributed by atoms with Crippen molar-refractivity contribution < 1.29 is 18.8 Å². The van der Waals surface area contributed by atoms with Gasteiger partial charge in [0.15, 0.2) is 0 Å². The number of hydrogen-bond acceptors (Lipinski definition) is 3. The molecule has 4 amide bonds. The Kier molecular flexibility index (Phi) is 7.22. The number of urea groups is 1. The second kappa shape index (κ2) is 10.1. The number of benzene rings is 2. The van der Waals surface area contributed by atoms with Crippen LogP contribution in [0.15, 0.2) is 48.5 Å². The highest BCUT2D eigenvalue weighted by atomic mass is 35.5. The molecule has 0 bridgehead atoms. The molecule has 1 unspecified atom stereocenters. The molecule has 2 aliphatic rings. The van der Waals surface area contributed by atoms with E-state index in [1.165, 1.54) is 12.1 Å². The lowest BCUT2D eigenvalue weighted by Gasteiger charge is -2.35. The van der Waals surface area contributed by atoms with Crippen LogP contribution in [0.2, 0.25) is 5.02 Å². The van der Waals surface area contributed by atoms with Crippen molar-refractivity contribution in [1.82, 2.24) is 15.1 Å². The van der Waals surface area contributed by atoms with Crippen LogP contribution < -0.4 is 5.32 Å². The third kappa shape index (κ3) is 4.80. The number of imide groups is 1. The fraction of sp³-hybridized carbons (Fsp3) is 0.423. The van der Waals surface area contributed by atoms with Crippen LogP contribution in [0, 0.1) is 5.82 Å². The molecular formula is C26H29ClFN3O3. The van der Waals surface area contributed by atoms with Crippen molar-refractivity contribution in [3.05, 3.63) is 70.5 Å². The van der Waals surface area contributed by atoms with Gasteiger partial charge in [0.2, 0.25) is 5.91 Å². The Bertz CT molecular complexity index is 1050. The van der Waals surface area contributed by atoms with E-state index in [0.29, 0.717) is 23.6 Å². The summed E-state index contributed by atoms with van der Waals surface area (Å²) in [5, 5.41) is 3.34. The van der Waals surface area contributed by atoms with Gasteiger partial charge in [-0.05, 0) is 54.7 Å². The van der Waals surface area contributed by atoms with Gasteiger partial charge >= 0.3 is 6.03 Å². The van der Waals surface area contributed by atoms with Crippen LogP contribution in [0.5, 0.6) is 0 Å². The minimum atomic E-state index is -1.23. The molecule has 0 aromatic heterocycles. The molecule has 0 spiro atoms. The molecule has 6 nitrogen and oxygen atoms in total. The number of carbonyl (C=O) groups excluding carboxylic acids is 3. The molecule has 1 N–H and O–H groups in total. The lowest BCUT2D eigenvalue weighted by Crippen LogP contribution is -2.48. The molecule has 34 heavy (non-hydrogen) atoms. The average molecular weight is 486 g/mol. The van der Waals surface area contributed by atoms with E-state index >= 15 is 0 Å². The highest BCUT2D eigenvalue weighted by Gasteiger charge is 2.52. The van der Waals surface area contributed by atoms with E-state index in [2.05, 4.69) is 5.32 Å². The summed E-state index contributed by atoms with van der Waals surface area (Å²) in [6.07, 6.45) is 5.26. The minimum Gasteiger partial charge on any atom is -0.334 e. The van der Waals surface area contributed by atoms with Gasteiger partial charge in [-0.2, -0.15) is 0 Å². The van der Waals surface area contributed by atoms with Crippen molar-refractivity contribution in [3.8, 4) is 0 Å². The van der Waals surface area contributed by atoms with E-state index in [1.54, 1.807) is 41.3 Å². The molecule has 1 heterocycles. The quantitative estimate of drug-likeness (QED) is 0.561. The first-order valence-electron chi connectivity index (χ1n) is 11.8. The van der Waals surface area contributed by atoms with Crippen molar-refractivity contribution in [3.63, 3.8) is 0 Å². The first-order chi connectivity index (χ1) is 16.3. The summed E-state index contributed by atoms with van der Waals surface area (Å²) in [7, 11) is 0. The molecule has 1 atom stereocenters. The Balaban J connectivity index is 1.56. The fourth-order valence-corrected chi connectivity index (χ4v) is 5.10. The summed E-state index contributed by atoms with van der Waals surface area (Å²) in [6.45, 7) is 1.79. The molecule has 1 saturated carbocycles. The smallest absolute Gasteiger partial charge is 0.325 e. The van der Waals surface area contributed by atoms with E-state index in [9.17, 15) is 18.8 Å². The SMILES string of the molecule is CCC1(c2ccc(Cl)cc2)NC(=O)N(CC(=O)N(Cc2ccc(F)cc2)C2CCCCC2)C1=O. The minimum absolute atomic E-state index is 0.0271. The van der Waals surface area contributed by atoms with E-state index in [4.69, 9.17) is 11.6 Å². The zero-order valence-electron chi connectivity index (χ0n) is 19.2. The van der Waals surface area contributed by atoms with Crippen molar-refractivity contribution in [2.45, 2.75) is 63.6 Å². The monoisotopic (exact) mass is 485 g/mol. The standard InChI is InChI=1S/C26H29ClFN3O3/c1-2-26(19-10-12-20(27)13-11-19)24(33)31(25(34)29-26)17-23(32)30(22-6-4-3-5-7-22)16-18-8-14-21(28)15-9-18/h8-15,22H,2-7,16-17H2,1H3,(H,29,34). The summed E-state index contributed by atoms with van der Waals surface area (Å²) in [5.74, 6) is -1.07. The molecule has 180 valence electrons. The number of halogens is 2. The number of rotatable bonds is 7. The van der Waals surface area contributed by atoms with Gasteiger partial charge in [-0.25, -0.2) is 9.18 Å². The molecule has 2 aromatic rings. The van der Waals surface area contributed by atoms with Crippen LogP contribution >= 0.6 is 11.6 Å². The lowest BCUT2D eigenvalue weighted by atomic mass is 9.87. The number of hydrogen-bond donors (Lipinski definition) is 1. The Morgan fingerprint density at radius 2 is 1.74 bits per heavy atom. The topological polar surface area (TPSA) is 69.7 Å². The van der Waals surface area contributed by atoms with E-state index in [0.717, 1.165) is 42.6 Å². The van der Waals surface area contributed by atoms with E-state index in [-0.39, 0.29) is 24.3 Å². The van der Waals surface area contributed by atoms with E-state index < -0.39 is 17.5 Å². The molecule has 4 rings (SSSR count). The predicted molar refractivity (Wildman–Crippen MR) is 127 cm³/mol. The Morgan fingerprint density at radius 3 is 2.35 bits per heavy atom. The van der Waals surface area contributed by atoms with Crippen molar-refractivity contribution >= 4 is 29.4 Å². The van der Waals surface area contributed by atoms with Crippen LogP contribution in [-0.2, 0) is 21.7 Å². The number of carbonyl (C=O) groups is 3. The first-order valence-corrected chi connectivity index (χ1v) is 12.2. The molecule has 1 aliphatic heterocycles. The highest BCUT2D eigenvalue weighted by molar-refractivity contribution is 6.30. The molecular weight excluding hydrogens is 457 g/mol. The van der Waals surface area contributed by atoms with Crippen LogP contribution in [-0.4, -0.2) is 40.2 Å². The predicted octanol–water partition coefficient (Wildman–Crippen LogP) is 5.00. The number of nitrogens with zero attached hydrogens (tertiary/aromatic N) is 2. The fourth-order valence-electron chi connectivity index (χ4n) is 4.97. The zero-order chi connectivity index (χ0) is 24.3. The molecule has 2 fully saturated rings. The van der Waals surface area contributed by atoms with Crippen molar-refractivity contribution in [1.29, 1.82) is 0 Å². The Hall–Kier alpha value is -2.93. The maximum atomic E-state index is 13.5. The van der Waals surface area contributed by atoms with Gasteiger partial charge in [0, 0.05) is 17.6 Å². The summed E-state index contributed by atoms with van der Waals surface area (Å²) in [6, 6.07) is 12.3. The maximum Gasteiger partial charge on any atom is 0.325 e. The molecule has 8 heteroatoms. The van der Waals surface area contributed by atoms with Gasteiger partial charge in [-0.15, -0.1) is 0 Å². The second-order valence-corrected chi connectivity index (χ2v) is 9.46. The summed E-state index contributed by atoms with van der Waals surface area (Å²) >= 11 is 6.00. The third-order valence-corrected chi connectivity index (χ3v) is 7.19. The van der Waals surface area contributed by atoms with Gasteiger partial charge in [0.05, 0.1) is 0 Å². The molecule has 0 radical (unpaired) electrons. The summed E-state index contributed by atoms with van der Waals surface area (Å²) in [5.41, 5.74) is 0.207. The molecule has 2 aromatic carbocycles. The Labute approximate surface area is 204 Å². The molecule has 1 aliphatic carbocycles. The van der Waals surface area contributed by atoms with Gasteiger partial charge < -0.3 is 10.2 Å². The summed E-state index contributed by atoms with van der Waals surface area (Å²) < 4.78 is 13.4. The zero-order valence-corrected chi connectivity index (χ0v) is 20.0. The Morgan fingerprint density at radius 1 is 1.09 bits per heavy atom. The van der Waals surface area contributed by atoms with E-state index in [1.807, 2.05) is 6.92 Å². The largest absolute Gasteiger partial charge is 0.334 e. The van der Waals surface area contributed by atoms with Crippen LogP contribution in [0.4, 0.5) is 9.18 Å². The number of amides is 4. The normalized spacial score (nSPS) is 21.0. The maximum absolute atomic E-state index is 13.5. The van der Waals surface area contributed by atoms with Gasteiger partial charge in [-0.3, -0.25) is 14.5 Å². The average Bonchev–Trinajstić information content (AvgIpc) is 3.09. The van der Waals surface area contributed by atoms with Gasteiger partial charge in [-0.1, -0.05) is 62.1 Å². The number of nitrogens with one attached hydrogen (secondary N) is 1. The first kappa shape index (κ1) is 24.2. The van der Waals surface area contributed by atoms with Crippen LogP contribution in [0.3, 0.4) is 0 Å². The van der Waals surface area contributed by atoms with Gasteiger partial charge in [0.25, 0.3) is 5.91 Å². The lowest BCUT2D eigenvalue weighted by molar-refractivity contribution is -0.141. The second-order valence-electron chi connectivity index (χ2n) is 9.03. The van der Waals surface area contributed by atoms with Crippen molar-refractivity contribution in [2.75, 3.05) is 6.54 Å².